The molecule has 1 N–H and O–H groups in total. The lowest BCUT2D eigenvalue weighted by molar-refractivity contribution is 0.0689. The van der Waals surface area contributed by atoms with Gasteiger partial charge in [-0.2, -0.15) is 5.10 Å². The Morgan fingerprint density at radius 3 is 2.74 bits per heavy atom. The first kappa shape index (κ1) is 13.1. The number of hydrogen-bond acceptors (Lipinski definition) is 3. The molecule has 0 saturated carbocycles. The van der Waals surface area contributed by atoms with Crippen LogP contribution in [0.15, 0.2) is 24.3 Å². The molecule has 0 saturated heterocycles. The molecule has 0 aliphatic heterocycles. The maximum atomic E-state index is 14.0. The largest absolute Gasteiger partial charge is 0.497 e. The summed E-state index contributed by atoms with van der Waals surface area (Å²) in [6, 6.07) is 5.77. The molecule has 5 nitrogen and oxygen atoms in total. The van der Waals surface area contributed by atoms with E-state index in [4.69, 9.17) is 9.84 Å². The molecule has 0 fully saturated rings. The lowest BCUT2D eigenvalue weighted by Gasteiger charge is -2.07. The Balaban J connectivity index is 2.54. The van der Waals surface area contributed by atoms with Gasteiger partial charge < -0.3 is 9.84 Å². The maximum Gasteiger partial charge on any atom is 0.356 e. The van der Waals surface area contributed by atoms with Gasteiger partial charge in [-0.3, -0.25) is 4.68 Å². The summed E-state index contributed by atoms with van der Waals surface area (Å²) in [7, 11) is 1.45. The number of rotatable bonds is 4. The van der Waals surface area contributed by atoms with Crippen LogP contribution >= 0.6 is 0 Å². The van der Waals surface area contributed by atoms with Crippen molar-refractivity contribution in [3.05, 3.63) is 35.8 Å². The second-order valence-electron chi connectivity index (χ2n) is 3.88. The Hall–Kier alpha value is -2.37. The molecule has 1 heterocycles. The molecule has 1 aromatic heterocycles. The fourth-order valence-corrected chi connectivity index (χ4v) is 1.81. The van der Waals surface area contributed by atoms with Gasteiger partial charge in [-0.1, -0.05) is 0 Å². The van der Waals surface area contributed by atoms with Crippen LogP contribution in [-0.2, 0) is 6.54 Å². The van der Waals surface area contributed by atoms with E-state index in [0.29, 0.717) is 23.6 Å². The normalized spacial score (nSPS) is 10.5. The van der Waals surface area contributed by atoms with Gasteiger partial charge in [0.05, 0.1) is 12.8 Å². The lowest BCUT2D eigenvalue weighted by atomic mass is 10.1. The number of carboxylic acid groups (broad SMARTS) is 1. The number of halogens is 1. The van der Waals surface area contributed by atoms with Gasteiger partial charge in [-0.05, 0) is 25.1 Å². The van der Waals surface area contributed by atoms with Gasteiger partial charge in [-0.15, -0.1) is 0 Å². The zero-order valence-electron chi connectivity index (χ0n) is 10.6. The van der Waals surface area contributed by atoms with Crippen molar-refractivity contribution in [2.45, 2.75) is 13.5 Å². The Morgan fingerprint density at radius 2 is 2.21 bits per heavy atom. The minimum atomic E-state index is -1.14. The summed E-state index contributed by atoms with van der Waals surface area (Å²) in [5, 5.41) is 12.8. The first-order valence-electron chi connectivity index (χ1n) is 5.72. The highest BCUT2D eigenvalue weighted by Crippen LogP contribution is 2.27. The van der Waals surface area contributed by atoms with E-state index in [2.05, 4.69) is 5.10 Å². The van der Waals surface area contributed by atoms with E-state index in [1.54, 1.807) is 12.1 Å². The molecule has 0 aliphatic carbocycles. The Morgan fingerprint density at radius 1 is 1.47 bits per heavy atom. The van der Waals surface area contributed by atoms with E-state index >= 15 is 0 Å². The molecule has 0 spiro atoms. The number of methoxy groups -OCH3 is 1. The molecule has 0 unspecified atom stereocenters. The van der Waals surface area contributed by atoms with E-state index in [1.165, 1.54) is 23.9 Å². The summed E-state index contributed by atoms with van der Waals surface area (Å²) in [5.74, 6) is -1.21. The van der Waals surface area contributed by atoms with Crippen molar-refractivity contribution in [3.8, 4) is 17.0 Å². The van der Waals surface area contributed by atoms with Gasteiger partial charge in [0, 0.05) is 18.2 Å². The van der Waals surface area contributed by atoms with Crippen LogP contribution in [0.4, 0.5) is 4.39 Å². The van der Waals surface area contributed by atoms with Crippen LogP contribution in [0.2, 0.25) is 0 Å². The van der Waals surface area contributed by atoms with Gasteiger partial charge in [0.2, 0.25) is 0 Å². The molecular formula is C13H13FN2O3. The van der Waals surface area contributed by atoms with E-state index in [9.17, 15) is 9.18 Å². The molecule has 19 heavy (non-hydrogen) atoms. The highest BCUT2D eigenvalue weighted by atomic mass is 19.1. The Labute approximate surface area is 109 Å². The maximum absolute atomic E-state index is 14.0. The van der Waals surface area contributed by atoms with Gasteiger partial charge in [-0.25, -0.2) is 9.18 Å². The summed E-state index contributed by atoms with van der Waals surface area (Å²) < 4.78 is 20.4. The molecule has 0 aliphatic rings. The fraction of sp³-hybridized carbons (Fsp3) is 0.231. The Kier molecular flexibility index (Phi) is 3.50. The third-order valence-corrected chi connectivity index (χ3v) is 2.75. The quantitative estimate of drug-likeness (QED) is 0.921. The number of benzene rings is 1. The first-order valence-corrected chi connectivity index (χ1v) is 5.72. The van der Waals surface area contributed by atoms with Gasteiger partial charge >= 0.3 is 5.97 Å². The second-order valence-corrected chi connectivity index (χ2v) is 3.88. The first-order chi connectivity index (χ1) is 9.06. The molecule has 2 aromatic rings. The van der Waals surface area contributed by atoms with Crippen molar-refractivity contribution < 1.29 is 19.0 Å². The van der Waals surface area contributed by atoms with E-state index in [0.717, 1.165) is 0 Å². The van der Waals surface area contributed by atoms with Gasteiger partial charge in [0.1, 0.15) is 11.6 Å². The predicted octanol–water partition coefficient (Wildman–Crippen LogP) is 2.42. The van der Waals surface area contributed by atoms with E-state index in [-0.39, 0.29) is 5.69 Å². The van der Waals surface area contributed by atoms with Crippen LogP contribution in [0, 0.1) is 5.82 Å². The van der Waals surface area contributed by atoms with Gasteiger partial charge in [0.15, 0.2) is 5.69 Å². The SMILES string of the molecule is CCn1nc(C(=O)O)cc1-c1ccc(OC)cc1F. The summed E-state index contributed by atoms with van der Waals surface area (Å²) in [6.45, 7) is 2.26. The van der Waals surface area contributed by atoms with Crippen molar-refractivity contribution in [1.82, 2.24) is 9.78 Å². The van der Waals surface area contributed by atoms with Crippen molar-refractivity contribution in [1.29, 1.82) is 0 Å². The molecule has 0 bridgehead atoms. The molecular weight excluding hydrogens is 251 g/mol. The summed E-state index contributed by atoms with van der Waals surface area (Å²) in [5.41, 5.74) is 0.620. The summed E-state index contributed by atoms with van der Waals surface area (Å²) >= 11 is 0. The minimum absolute atomic E-state index is 0.105. The van der Waals surface area contributed by atoms with E-state index in [1.807, 2.05) is 6.92 Å². The number of carboxylic acids is 1. The smallest absolute Gasteiger partial charge is 0.356 e. The van der Waals surface area contributed by atoms with Crippen LogP contribution in [0.1, 0.15) is 17.4 Å². The monoisotopic (exact) mass is 264 g/mol. The van der Waals surface area contributed by atoms with Crippen molar-refractivity contribution in [3.63, 3.8) is 0 Å². The molecule has 2 rings (SSSR count). The zero-order chi connectivity index (χ0) is 14.0. The number of aromatic nitrogens is 2. The lowest BCUT2D eigenvalue weighted by Crippen LogP contribution is -2.03. The van der Waals surface area contributed by atoms with Crippen LogP contribution in [0.3, 0.4) is 0 Å². The molecule has 0 atom stereocenters. The summed E-state index contributed by atoms with van der Waals surface area (Å²) in [6.07, 6.45) is 0. The van der Waals surface area contributed by atoms with Crippen LogP contribution in [-0.4, -0.2) is 28.0 Å². The van der Waals surface area contributed by atoms with Crippen LogP contribution < -0.4 is 4.74 Å². The average Bonchev–Trinajstić information content (AvgIpc) is 2.82. The van der Waals surface area contributed by atoms with Crippen molar-refractivity contribution in [2.24, 2.45) is 0 Å². The fourth-order valence-electron chi connectivity index (χ4n) is 1.81. The Bertz CT molecular complexity index is 622. The number of ether oxygens (including phenoxy) is 1. The van der Waals surface area contributed by atoms with Crippen LogP contribution in [0.5, 0.6) is 5.75 Å². The summed E-state index contributed by atoms with van der Waals surface area (Å²) in [4.78, 5) is 10.9. The van der Waals surface area contributed by atoms with Gasteiger partial charge in [0.25, 0.3) is 0 Å². The number of aryl methyl sites for hydroxylation is 1. The van der Waals surface area contributed by atoms with Crippen molar-refractivity contribution in [2.75, 3.05) is 7.11 Å². The molecule has 6 heteroatoms. The highest BCUT2D eigenvalue weighted by molar-refractivity contribution is 5.87. The van der Waals surface area contributed by atoms with E-state index < -0.39 is 11.8 Å². The molecule has 100 valence electrons. The minimum Gasteiger partial charge on any atom is -0.497 e. The highest BCUT2D eigenvalue weighted by Gasteiger charge is 2.16. The third kappa shape index (κ3) is 2.42. The standard InChI is InChI=1S/C13H13FN2O3/c1-3-16-12(7-11(15-16)13(17)18)9-5-4-8(19-2)6-10(9)14/h4-7H,3H2,1-2H3,(H,17,18). The number of nitrogens with zero attached hydrogens (tertiary/aromatic N) is 2. The third-order valence-electron chi connectivity index (χ3n) is 2.75. The molecule has 1 aromatic carbocycles. The number of hydrogen-bond donors (Lipinski definition) is 1. The molecule has 0 amide bonds. The number of aromatic carboxylic acids is 1. The second kappa shape index (κ2) is 5.09. The number of carbonyl (C=O) groups is 1. The molecule has 0 radical (unpaired) electrons. The topological polar surface area (TPSA) is 64.4 Å². The average molecular weight is 264 g/mol. The zero-order valence-corrected chi connectivity index (χ0v) is 10.6. The predicted molar refractivity (Wildman–Crippen MR) is 66.8 cm³/mol. The van der Waals surface area contributed by atoms with Crippen molar-refractivity contribution >= 4 is 5.97 Å². The van der Waals surface area contributed by atoms with Crippen LogP contribution in [0.25, 0.3) is 11.3 Å².